The Bertz CT molecular complexity index is 434. The zero-order chi connectivity index (χ0) is 17.3. The molecule has 0 aliphatic heterocycles. The van der Waals surface area contributed by atoms with E-state index in [-0.39, 0.29) is 12.8 Å². The fourth-order valence-corrected chi connectivity index (χ4v) is 1.84. The molecule has 1 N–H and O–H groups in total. The smallest absolute Gasteiger partial charge is 0.408 e. The fourth-order valence-electron chi connectivity index (χ4n) is 1.84. The average Bonchev–Trinajstić information content (AvgIpc) is 2.16. The Morgan fingerprint density at radius 3 is 1.95 bits per heavy atom. The molecular formula is C14H22F3NO4. The number of alkyl halides is 3. The molecule has 1 aliphatic carbocycles. The number of ether oxygens (including phenoxy) is 2. The molecule has 5 nitrogen and oxygen atoms in total. The van der Waals surface area contributed by atoms with Gasteiger partial charge in [-0.15, -0.1) is 0 Å². The van der Waals surface area contributed by atoms with Gasteiger partial charge in [0, 0.05) is 0 Å². The number of esters is 1. The summed E-state index contributed by atoms with van der Waals surface area (Å²) in [7, 11) is 0. The van der Waals surface area contributed by atoms with Gasteiger partial charge < -0.3 is 14.8 Å². The molecule has 0 unspecified atom stereocenters. The van der Waals surface area contributed by atoms with Crippen LogP contribution < -0.4 is 5.32 Å². The van der Waals surface area contributed by atoms with Crippen molar-refractivity contribution in [3.8, 4) is 0 Å². The monoisotopic (exact) mass is 325 g/mol. The molecule has 8 heteroatoms. The first-order valence-corrected chi connectivity index (χ1v) is 6.99. The number of rotatable bonds is 3. The van der Waals surface area contributed by atoms with Gasteiger partial charge in [-0.05, 0) is 47.5 Å². The number of carbonyl (C=O) groups excluding carboxylic acids is 2. The molecule has 128 valence electrons. The molecular weight excluding hydrogens is 303 g/mol. The maximum Gasteiger partial charge on any atom is 0.408 e. The van der Waals surface area contributed by atoms with Gasteiger partial charge in [0.1, 0.15) is 17.2 Å². The first-order chi connectivity index (χ1) is 9.71. The van der Waals surface area contributed by atoms with E-state index in [4.69, 9.17) is 9.47 Å². The number of alkyl carbamates (subject to hydrolysis) is 1. The molecule has 1 amide bonds. The summed E-state index contributed by atoms with van der Waals surface area (Å²) >= 11 is 0. The van der Waals surface area contributed by atoms with Crippen LogP contribution in [-0.2, 0) is 14.3 Å². The predicted molar refractivity (Wildman–Crippen MR) is 72.1 cm³/mol. The summed E-state index contributed by atoms with van der Waals surface area (Å²) in [6.07, 6.45) is -6.29. The Hall–Kier alpha value is -1.47. The predicted octanol–water partition coefficient (Wildman–Crippen LogP) is 3.17. The van der Waals surface area contributed by atoms with Gasteiger partial charge in [0.05, 0.1) is 5.92 Å². The largest absolute Gasteiger partial charge is 0.461 e. The second-order valence-electron chi connectivity index (χ2n) is 6.99. The molecule has 22 heavy (non-hydrogen) atoms. The van der Waals surface area contributed by atoms with Crippen molar-refractivity contribution in [2.75, 3.05) is 0 Å². The van der Waals surface area contributed by atoms with Crippen LogP contribution in [0.1, 0.15) is 47.5 Å². The number of hydrogen-bond acceptors (Lipinski definition) is 4. The Morgan fingerprint density at radius 2 is 1.55 bits per heavy atom. The van der Waals surface area contributed by atoms with Gasteiger partial charge in [-0.3, -0.25) is 0 Å². The standard InChI is InChI=1S/C14H22F3NO4/c1-12(2,3)22-11(20)18-13(4,5)10(19)21-9-6-8(7-9)14(15,16)17/h8-9H,6-7H2,1-5H3,(H,18,20). The van der Waals surface area contributed by atoms with Crippen molar-refractivity contribution in [3.63, 3.8) is 0 Å². The van der Waals surface area contributed by atoms with Crippen LogP contribution in [0, 0.1) is 5.92 Å². The molecule has 0 heterocycles. The quantitative estimate of drug-likeness (QED) is 0.810. The normalized spacial score (nSPS) is 22.5. The highest BCUT2D eigenvalue weighted by Crippen LogP contribution is 2.42. The molecule has 0 aromatic heterocycles. The second-order valence-corrected chi connectivity index (χ2v) is 6.99. The second kappa shape index (κ2) is 5.96. The summed E-state index contributed by atoms with van der Waals surface area (Å²) in [6.45, 7) is 7.81. The van der Waals surface area contributed by atoms with Crippen molar-refractivity contribution in [2.24, 2.45) is 5.92 Å². The van der Waals surface area contributed by atoms with Gasteiger partial charge in [0.2, 0.25) is 0 Å². The van der Waals surface area contributed by atoms with Crippen molar-refractivity contribution >= 4 is 12.1 Å². The lowest BCUT2D eigenvalue weighted by Gasteiger charge is -2.37. The van der Waals surface area contributed by atoms with Crippen molar-refractivity contribution in [2.45, 2.75) is 70.9 Å². The van der Waals surface area contributed by atoms with E-state index in [1.54, 1.807) is 20.8 Å². The molecule has 1 aliphatic rings. The van der Waals surface area contributed by atoms with Gasteiger partial charge in [-0.25, -0.2) is 9.59 Å². The van der Waals surface area contributed by atoms with E-state index in [9.17, 15) is 22.8 Å². The molecule has 0 atom stereocenters. The van der Waals surface area contributed by atoms with Crippen LogP contribution in [0.15, 0.2) is 0 Å². The fraction of sp³-hybridized carbons (Fsp3) is 0.857. The van der Waals surface area contributed by atoms with Crippen molar-refractivity contribution in [1.82, 2.24) is 5.32 Å². The summed E-state index contributed by atoms with van der Waals surface area (Å²) < 4.78 is 47.1. The molecule has 1 rings (SSSR count). The van der Waals surface area contributed by atoms with Crippen LogP contribution in [-0.4, -0.2) is 35.5 Å². The van der Waals surface area contributed by atoms with Gasteiger partial charge in [-0.2, -0.15) is 13.2 Å². The Labute approximate surface area is 127 Å². The number of carbonyl (C=O) groups is 2. The van der Waals surface area contributed by atoms with Gasteiger partial charge in [0.15, 0.2) is 0 Å². The third-order valence-corrected chi connectivity index (χ3v) is 3.16. The number of nitrogens with one attached hydrogen (secondary N) is 1. The summed E-state index contributed by atoms with van der Waals surface area (Å²) in [6, 6.07) is 0. The number of hydrogen-bond donors (Lipinski definition) is 1. The lowest BCUT2D eigenvalue weighted by atomic mass is 9.81. The molecule has 0 radical (unpaired) electrons. The van der Waals surface area contributed by atoms with Crippen molar-refractivity contribution in [1.29, 1.82) is 0 Å². The maximum atomic E-state index is 12.4. The van der Waals surface area contributed by atoms with E-state index >= 15 is 0 Å². The van der Waals surface area contributed by atoms with Gasteiger partial charge >= 0.3 is 18.2 Å². The third kappa shape index (κ3) is 5.38. The lowest BCUT2D eigenvalue weighted by Crippen LogP contribution is -2.54. The molecule has 1 saturated carbocycles. The maximum absolute atomic E-state index is 12.4. The first-order valence-electron chi connectivity index (χ1n) is 6.99. The Kier molecular flexibility index (Phi) is 5.04. The summed E-state index contributed by atoms with van der Waals surface area (Å²) in [5.74, 6) is -2.21. The Balaban J connectivity index is 2.46. The number of amides is 1. The highest BCUT2D eigenvalue weighted by molar-refractivity contribution is 5.85. The summed E-state index contributed by atoms with van der Waals surface area (Å²) in [5, 5.41) is 2.35. The molecule has 0 aromatic carbocycles. The van der Waals surface area contributed by atoms with Crippen LogP contribution in [0.3, 0.4) is 0 Å². The topological polar surface area (TPSA) is 64.6 Å². The lowest BCUT2D eigenvalue weighted by molar-refractivity contribution is -0.221. The molecule has 0 saturated heterocycles. The molecule has 1 fully saturated rings. The SMILES string of the molecule is CC(C)(C)OC(=O)NC(C)(C)C(=O)OC1CC(C(F)(F)F)C1. The van der Waals surface area contributed by atoms with Crippen LogP contribution in [0.2, 0.25) is 0 Å². The van der Waals surface area contributed by atoms with Crippen LogP contribution >= 0.6 is 0 Å². The van der Waals surface area contributed by atoms with Crippen molar-refractivity contribution < 1.29 is 32.2 Å². The van der Waals surface area contributed by atoms with E-state index < -0.39 is 41.4 Å². The third-order valence-electron chi connectivity index (χ3n) is 3.16. The van der Waals surface area contributed by atoms with Crippen molar-refractivity contribution in [3.05, 3.63) is 0 Å². The van der Waals surface area contributed by atoms with Crippen LogP contribution in [0.4, 0.5) is 18.0 Å². The highest BCUT2D eigenvalue weighted by atomic mass is 19.4. The minimum absolute atomic E-state index is 0.238. The minimum atomic E-state index is -4.26. The van der Waals surface area contributed by atoms with E-state index in [2.05, 4.69) is 5.32 Å². The average molecular weight is 325 g/mol. The van der Waals surface area contributed by atoms with Gasteiger partial charge in [-0.1, -0.05) is 0 Å². The Morgan fingerprint density at radius 1 is 1.05 bits per heavy atom. The molecule has 0 aromatic rings. The van der Waals surface area contributed by atoms with Gasteiger partial charge in [0.25, 0.3) is 0 Å². The van der Waals surface area contributed by atoms with E-state index in [1.807, 2.05) is 0 Å². The summed E-state index contributed by atoms with van der Waals surface area (Å²) in [4.78, 5) is 23.6. The summed E-state index contributed by atoms with van der Waals surface area (Å²) in [5.41, 5.74) is -2.11. The first kappa shape index (κ1) is 18.6. The van der Waals surface area contributed by atoms with E-state index in [0.717, 1.165) is 0 Å². The zero-order valence-corrected chi connectivity index (χ0v) is 13.3. The highest BCUT2D eigenvalue weighted by Gasteiger charge is 2.50. The molecule has 0 spiro atoms. The number of halogens is 3. The molecule has 0 bridgehead atoms. The van der Waals surface area contributed by atoms with Crippen LogP contribution in [0.5, 0.6) is 0 Å². The van der Waals surface area contributed by atoms with E-state index in [1.165, 1.54) is 13.8 Å². The minimum Gasteiger partial charge on any atom is -0.461 e. The zero-order valence-electron chi connectivity index (χ0n) is 13.3. The van der Waals surface area contributed by atoms with Crippen LogP contribution in [0.25, 0.3) is 0 Å². The van der Waals surface area contributed by atoms with E-state index in [0.29, 0.717) is 0 Å².